The van der Waals surface area contributed by atoms with Gasteiger partial charge in [-0.05, 0) is 31.9 Å². The number of ether oxygens (including phenoxy) is 1. The van der Waals surface area contributed by atoms with Crippen LogP contribution >= 0.6 is 0 Å². The highest BCUT2D eigenvalue weighted by Gasteiger charge is 2.18. The average Bonchev–Trinajstić information content (AvgIpc) is 3.39. The predicted molar refractivity (Wildman–Crippen MR) is 149 cm³/mol. The van der Waals surface area contributed by atoms with E-state index in [2.05, 4.69) is 76.1 Å². The van der Waals surface area contributed by atoms with Crippen molar-refractivity contribution >= 4 is 11.7 Å². The molecular formula is C31H30N4O2. The van der Waals surface area contributed by atoms with Gasteiger partial charge in [-0.25, -0.2) is 0 Å². The highest BCUT2D eigenvalue weighted by Crippen LogP contribution is 2.40. The third-order valence-corrected chi connectivity index (χ3v) is 6.60. The van der Waals surface area contributed by atoms with Gasteiger partial charge in [0.25, 0.3) is 0 Å². The van der Waals surface area contributed by atoms with Gasteiger partial charge in [-0.3, -0.25) is 9.98 Å². The van der Waals surface area contributed by atoms with Crippen LogP contribution in [0.15, 0.2) is 93.3 Å². The third-order valence-electron chi connectivity index (χ3n) is 6.60. The highest BCUT2D eigenvalue weighted by atomic mass is 16.5. The van der Waals surface area contributed by atoms with Crippen molar-refractivity contribution in [2.75, 3.05) is 26.2 Å². The van der Waals surface area contributed by atoms with Crippen molar-refractivity contribution < 1.29 is 9.15 Å². The van der Waals surface area contributed by atoms with Gasteiger partial charge in [0.2, 0.25) is 0 Å². The zero-order valence-corrected chi connectivity index (χ0v) is 21.0. The molecule has 4 aromatic rings. The first kappa shape index (κ1) is 23.1. The molecule has 0 aliphatic carbocycles. The van der Waals surface area contributed by atoms with E-state index >= 15 is 0 Å². The maximum absolute atomic E-state index is 6.44. The minimum atomic E-state index is 0.683. The van der Waals surface area contributed by atoms with E-state index in [0.29, 0.717) is 11.5 Å². The summed E-state index contributed by atoms with van der Waals surface area (Å²) in [6, 6.07) is 26.6. The van der Waals surface area contributed by atoms with Crippen molar-refractivity contribution in [3.63, 3.8) is 0 Å². The molecule has 6 rings (SSSR count). The Bertz CT molecular complexity index is 1430. The van der Waals surface area contributed by atoms with Crippen molar-refractivity contribution in [1.82, 2.24) is 10.6 Å². The van der Waals surface area contributed by atoms with E-state index in [9.17, 15) is 0 Å². The molecule has 6 heteroatoms. The molecule has 186 valence electrons. The number of benzene rings is 3. The fraction of sp³-hybridized carbons (Fsp3) is 0.226. The smallest absolute Gasteiger partial charge is 0.177 e. The van der Waals surface area contributed by atoms with Gasteiger partial charge < -0.3 is 19.8 Å². The summed E-state index contributed by atoms with van der Waals surface area (Å²) in [6.07, 6.45) is 2.15. The van der Waals surface area contributed by atoms with Crippen molar-refractivity contribution in [3.05, 3.63) is 95.6 Å². The molecule has 0 unspecified atom stereocenters. The predicted octanol–water partition coefficient (Wildman–Crippen LogP) is 6.19. The quantitative estimate of drug-likeness (QED) is 0.338. The Kier molecular flexibility index (Phi) is 6.46. The molecule has 0 fully saturated rings. The van der Waals surface area contributed by atoms with Gasteiger partial charge in [0.1, 0.15) is 23.2 Å². The van der Waals surface area contributed by atoms with Crippen molar-refractivity contribution in [3.8, 4) is 34.1 Å². The van der Waals surface area contributed by atoms with Crippen LogP contribution in [0.2, 0.25) is 0 Å². The molecule has 2 aliphatic heterocycles. The topological polar surface area (TPSA) is 71.1 Å². The highest BCUT2D eigenvalue weighted by molar-refractivity contribution is 6.00. The summed E-state index contributed by atoms with van der Waals surface area (Å²) in [4.78, 5) is 9.21. The van der Waals surface area contributed by atoms with E-state index in [4.69, 9.17) is 9.15 Å². The number of aryl methyl sites for hydroxylation is 1. The van der Waals surface area contributed by atoms with Crippen LogP contribution in [0.5, 0.6) is 11.5 Å². The summed E-state index contributed by atoms with van der Waals surface area (Å²) in [5.41, 5.74) is 5.28. The molecule has 0 saturated carbocycles. The van der Waals surface area contributed by atoms with E-state index in [1.165, 1.54) is 5.56 Å². The molecule has 0 saturated heterocycles. The zero-order valence-electron chi connectivity index (χ0n) is 21.0. The van der Waals surface area contributed by atoms with E-state index in [1.807, 2.05) is 30.3 Å². The lowest BCUT2D eigenvalue weighted by Crippen LogP contribution is -2.30. The van der Waals surface area contributed by atoms with Gasteiger partial charge in [-0.2, -0.15) is 0 Å². The largest absolute Gasteiger partial charge is 0.453 e. The summed E-state index contributed by atoms with van der Waals surface area (Å²) in [6.45, 7) is 5.72. The van der Waals surface area contributed by atoms with Crippen molar-refractivity contribution in [2.24, 2.45) is 9.98 Å². The van der Waals surface area contributed by atoms with Crippen LogP contribution in [-0.2, 0) is 0 Å². The van der Waals surface area contributed by atoms with Crippen LogP contribution in [0.1, 0.15) is 29.5 Å². The van der Waals surface area contributed by atoms with Gasteiger partial charge in [-0.1, -0.05) is 66.2 Å². The molecule has 37 heavy (non-hydrogen) atoms. The van der Waals surface area contributed by atoms with Crippen molar-refractivity contribution in [1.29, 1.82) is 0 Å². The van der Waals surface area contributed by atoms with Crippen LogP contribution in [0.3, 0.4) is 0 Å². The first-order valence-electron chi connectivity index (χ1n) is 12.9. The number of aliphatic imine (C=N–C) groups is 2. The number of rotatable bonds is 6. The minimum absolute atomic E-state index is 0.683. The lowest BCUT2D eigenvalue weighted by molar-refractivity contribution is 0.473. The molecule has 0 amide bonds. The number of hydrogen-bond donors (Lipinski definition) is 2. The molecule has 0 radical (unpaired) electrons. The number of nitrogens with one attached hydrogen (secondary N) is 2. The first-order chi connectivity index (χ1) is 18.2. The molecule has 0 bridgehead atoms. The Morgan fingerprint density at radius 3 is 1.76 bits per heavy atom. The van der Waals surface area contributed by atoms with Gasteiger partial charge in [0.05, 0.1) is 0 Å². The summed E-state index contributed by atoms with van der Waals surface area (Å²) >= 11 is 0. The van der Waals surface area contributed by atoms with E-state index in [0.717, 1.165) is 84.5 Å². The first-order valence-corrected chi connectivity index (χ1v) is 12.9. The van der Waals surface area contributed by atoms with Crippen molar-refractivity contribution in [2.45, 2.75) is 19.8 Å². The zero-order chi connectivity index (χ0) is 25.0. The Balaban J connectivity index is 1.33. The van der Waals surface area contributed by atoms with E-state index in [1.54, 1.807) is 0 Å². The molecule has 1 aromatic heterocycles. The molecule has 0 spiro atoms. The fourth-order valence-corrected chi connectivity index (χ4v) is 4.55. The molecule has 6 nitrogen and oxygen atoms in total. The number of furan rings is 1. The van der Waals surface area contributed by atoms with Crippen LogP contribution in [0.4, 0.5) is 0 Å². The molecule has 3 heterocycles. The van der Waals surface area contributed by atoms with Gasteiger partial charge in [-0.15, -0.1) is 0 Å². The van der Waals surface area contributed by atoms with E-state index in [-0.39, 0.29) is 0 Å². The van der Waals surface area contributed by atoms with E-state index < -0.39 is 0 Å². The Morgan fingerprint density at radius 2 is 1.22 bits per heavy atom. The van der Waals surface area contributed by atoms with Crippen LogP contribution in [0.25, 0.3) is 22.6 Å². The summed E-state index contributed by atoms with van der Waals surface area (Å²) in [5, 5.41) is 6.77. The second-order valence-corrected chi connectivity index (χ2v) is 9.40. The van der Waals surface area contributed by atoms with Gasteiger partial charge in [0, 0.05) is 54.5 Å². The minimum Gasteiger partial charge on any atom is -0.453 e. The average molecular weight is 491 g/mol. The maximum Gasteiger partial charge on any atom is 0.177 e. The monoisotopic (exact) mass is 490 g/mol. The standard InChI is InChI=1S/C31H30N4O2/c1-21-4-14-26(15-5-21)36-28-20-27(22-6-10-24(11-7-22)30-32-16-2-17-33-30)37-29(28)23-8-12-25(13-9-23)31-34-18-3-19-35-31/h4-15,20H,2-3,16-19H2,1H3,(H,32,33)(H,34,35). The summed E-state index contributed by atoms with van der Waals surface area (Å²) in [7, 11) is 0. The Labute approximate surface area is 217 Å². The third kappa shape index (κ3) is 5.14. The lowest BCUT2D eigenvalue weighted by atomic mass is 10.1. The molecule has 0 atom stereocenters. The number of amidine groups is 2. The molecule has 2 aliphatic rings. The van der Waals surface area contributed by atoms with Crippen LogP contribution < -0.4 is 15.4 Å². The fourth-order valence-electron chi connectivity index (χ4n) is 4.55. The normalized spacial score (nSPS) is 15.3. The number of nitrogens with zero attached hydrogens (tertiary/aromatic N) is 2. The van der Waals surface area contributed by atoms with Crippen LogP contribution in [0, 0.1) is 6.92 Å². The van der Waals surface area contributed by atoms with Crippen LogP contribution in [-0.4, -0.2) is 37.9 Å². The summed E-state index contributed by atoms with van der Waals surface area (Å²) in [5.74, 6) is 4.81. The number of hydrogen-bond acceptors (Lipinski definition) is 6. The maximum atomic E-state index is 6.44. The molecule has 3 aromatic carbocycles. The molecular weight excluding hydrogens is 460 g/mol. The lowest BCUT2D eigenvalue weighted by Gasteiger charge is -2.14. The Hall–Kier alpha value is -4.32. The Morgan fingerprint density at radius 1 is 0.676 bits per heavy atom. The van der Waals surface area contributed by atoms with Gasteiger partial charge in [0.15, 0.2) is 11.5 Å². The summed E-state index contributed by atoms with van der Waals surface area (Å²) < 4.78 is 12.8. The second kappa shape index (κ2) is 10.3. The second-order valence-electron chi connectivity index (χ2n) is 9.40. The van der Waals surface area contributed by atoms with Gasteiger partial charge >= 0.3 is 0 Å². The molecule has 2 N–H and O–H groups in total. The SMILES string of the molecule is Cc1ccc(Oc2cc(-c3ccc(C4=NCCCN4)cc3)oc2-c2ccc(C3=NCCCN3)cc2)cc1.